The summed E-state index contributed by atoms with van der Waals surface area (Å²) in [5.74, 6) is -0.850. The molecule has 2 aromatic carbocycles. The fourth-order valence-corrected chi connectivity index (χ4v) is 3.80. The van der Waals surface area contributed by atoms with E-state index in [1.165, 1.54) is 21.3 Å². The number of halogens is 1. The van der Waals surface area contributed by atoms with Crippen LogP contribution in [-0.4, -0.2) is 45.4 Å². The highest BCUT2D eigenvalue weighted by Crippen LogP contribution is 2.37. The van der Waals surface area contributed by atoms with E-state index in [9.17, 15) is 14.9 Å². The maximum Gasteiger partial charge on any atom is 0.310 e. The molecule has 168 valence electrons. The van der Waals surface area contributed by atoms with Crippen LogP contribution in [0.15, 0.2) is 36.4 Å². The molecule has 31 heavy (non-hydrogen) atoms. The second kappa shape index (κ2) is 11.4. The Bertz CT molecular complexity index is 919. The van der Waals surface area contributed by atoms with Gasteiger partial charge >= 0.3 is 5.97 Å². The average molecular weight is 452 g/mol. The molecule has 0 aromatic heterocycles. The molecule has 9 heteroatoms. The molecule has 2 atom stereocenters. The summed E-state index contributed by atoms with van der Waals surface area (Å²) in [6.45, 7) is 1.37. The summed E-state index contributed by atoms with van der Waals surface area (Å²) in [6.07, 6.45) is 0.148. The molecular weight excluding hydrogens is 426 g/mol. The molecule has 2 aromatic rings. The molecule has 0 heterocycles. The Balaban J connectivity index is 2.57. The highest BCUT2D eigenvalue weighted by atomic mass is 35.5. The van der Waals surface area contributed by atoms with E-state index in [2.05, 4.69) is 0 Å². The zero-order valence-corrected chi connectivity index (χ0v) is 18.7. The summed E-state index contributed by atoms with van der Waals surface area (Å²) in [4.78, 5) is 24.0. The van der Waals surface area contributed by atoms with E-state index in [4.69, 9.17) is 30.5 Å². The Kier molecular flexibility index (Phi) is 8.93. The molecule has 0 fully saturated rings. The molecule has 0 saturated heterocycles. The molecule has 8 nitrogen and oxygen atoms in total. The molecule has 0 spiro atoms. The summed E-state index contributed by atoms with van der Waals surface area (Å²) in [5.41, 5.74) is 1.22. The summed E-state index contributed by atoms with van der Waals surface area (Å²) >= 11 is 6.23. The highest BCUT2D eigenvalue weighted by Gasteiger charge is 2.36. The number of esters is 1. The van der Waals surface area contributed by atoms with E-state index < -0.39 is 29.3 Å². The number of para-hydroxylation sites is 1. The lowest BCUT2D eigenvalue weighted by atomic mass is 9.81. The Morgan fingerprint density at radius 1 is 1.10 bits per heavy atom. The molecule has 0 bridgehead atoms. The van der Waals surface area contributed by atoms with Gasteiger partial charge in [0.15, 0.2) is 11.5 Å². The maximum absolute atomic E-state index is 12.9. The monoisotopic (exact) mass is 451 g/mol. The number of hydrogen-bond acceptors (Lipinski definition) is 7. The molecule has 0 N–H and O–H groups in total. The summed E-state index contributed by atoms with van der Waals surface area (Å²) in [7, 11) is 4.45. The number of nitrogens with zero attached hydrogens (tertiary/aromatic N) is 1. The van der Waals surface area contributed by atoms with Gasteiger partial charge in [0.2, 0.25) is 6.54 Å². The van der Waals surface area contributed by atoms with Gasteiger partial charge in [-0.25, -0.2) is 0 Å². The zero-order chi connectivity index (χ0) is 23.0. The first kappa shape index (κ1) is 24.3. The first-order valence-corrected chi connectivity index (χ1v) is 10.1. The fourth-order valence-electron chi connectivity index (χ4n) is 3.53. The first-order valence-electron chi connectivity index (χ1n) is 9.67. The van der Waals surface area contributed by atoms with Crippen LogP contribution in [0.25, 0.3) is 0 Å². The number of rotatable bonds is 11. The first-order chi connectivity index (χ1) is 14.9. The number of hydrogen-bond donors (Lipinski definition) is 0. The minimum absolute atomic E-state index is 0.148. The van der Waals surface area contributed by atoms with Gasteiger partial charge in [0.05, 0.1) is 44.8 Å². The van der Waals surface area contributed by atoms with Crippen LogP contribution in [0.3, 0.4) is 0 Å². The fraction of sp³-hybridized carbons (Fsp3) is 0.409. The van der Waals surface area contributed by atoms with Crippen LogP contribution in [0.1, 0.15) is 24.0 Å². The lowest BCUT2D eigenvalue weighted by molar-refractivity contribution is -0.484. The molecule has 0 amide bonds. The van der Waals surface area contributed by atoms with Crippen LogP contribution in [0.2, 0.25) is 5.02 Å². The van der Waals surface area contributed by atoms with E-state index in [0.717, 1.165) is 0 Å². The number of ether oxygens (including phenoxy) is 4. The number of methoxy groups -OCH3 is 3. The van der Waals surface area contributed by atoms with E-state index >= 15 is 0 Å². The Labute approximate surface area is 186 Å². The second-order valence-electron chi connectivity index (χ2n) is 6.73. The van der Waals surface area contributed by atoms with Crippen molar-refractivity contribution in [3.8, 4) is 17.2 Å². The van der Waals surface area contributed by atoms with E-state index in [0.29, 0.717) is 33.4 Å². The third-order valence-corrected chi connectivity index (χ3v) is 5.25. The van der Waals surface area contributed by atoms with E-state index in [1.807, 2.05) is 0 Å². The lowest BCUT2D eigenvalue weighted by Gasteiger charge is -2.25. The van der Waals surface area contributed by atoms with Gasteiger partial charge < -0.3 is 18.9 Å². The van der Waals surface area contributed by atoms with Crippen LogP contribution in [0.5, 0.6) is 17.2 Å². The minimum Gasteiger partial charge on any atom is -0.495 e. The van der Waals surface area contributed by atoms with Gasteiger partial charge in [-0.05, 0) is 42.7 Å². The quantitative estimate of drug-likeness (QED) is 0.287. The summed E-state index contributed by atoms with van der Waals surface area (Å²) in [6, 6.07) is 10.2. The summed E-state index contributed by atoms with van der Waals surface area (Å²) < 4.78 is 21.3. The lowest BCUT2D eigenvalue weighted by Crippen LogP contribution is -2.31. The van der Waals surface area contributed by atoms with Crippen molar-refractivity contribution < 1.29 is 28.7 Å². The Morgan fingerprint density at radius 2 is 1.81 bits per heavy atom. The standard InChI is InChI=1S/C22H26ClNO7/c1-5-31-22(25)16(11-15-7-6-8-18(23)21(15)30-4)17(13-24(26)27)14-9-10-19(28-2)20(12-14)29-3/h6-10,12,16-17H,5,11,13H2,1-4H3. The van der Waals surface area contributed by atoms with E-state index in [1.54, 1.807) is 43.3 Å². The van der Waals surface area contributed by atoms with Crippen LogP contribution < -0.4 is 14.2 Å². The minimum atomic E-state index is -0.851. The topological polar surface area (TPSA) is 97.1 Å². The molecule has 0 aliphatic heterocycles. The molecular formula is C22H26ClNO7. The largest absolute Gasteiger partial charge is 0.495 e. The normalized spacial score (nSPS) is 12.5. The predicted octanol–water partition coefficient (Wildman–Crippen LogP) is 4.15. The number of carbonyl (C=O) groups is 1. The molecule has 0 saturated carbocycles. The van der Waals surface area contributed by atoms with Gasteiger partial charge in [0.25, 0.3) is 0 Å². The van der Waals surface area contributed by atoms with Crippen molar-refractivity contribution in [3.63, 3.8) is 0 Å². The third-order valence-electron chi connectivity index (χ3n) is 4.95. The van der Waals surface area contributed by atoms with Crippen molar-refractivity contribution in [2.24, 2.45) is 5.92 Å². The molecule has 2 rings (SSSR count). The van der Waals surface area contributed by atoms with Crippen molar-refractivity contribution in [2.45, 2.75) is 19.3 Å². The van der Waals surface area contributed by atoms with Crippen molar-refractivity contribution in [2.75, 3.05) is 34.5 Å². The number of carbonyl (C=O) groups excluding carboxylic acids is 1. The molecule has 0 aliphatic carbocycles. The number of benzene rings is 2. The summed E-state index contributed by atoms with van der Waals surface area (Å²) in [5, 5.41) is 11.9. The van der Waals surface area contributed by atoms with Crippen molar-refractivity contribution in [1.29, 1.82) is 0 Å². The third kappa shape index (κ3) is 6.01. The van der Waals surface area contributed by atoms with Gasteiger partial charge in [-0.15, -0.1) is 0 Å². The Morgan fingerprint density at radius 3 is 2.39 bits per heavy atom. The van der Waals surface area contributed by atoms with Crippen LogP contribution in [0.4, 0.5) is 0 Å². The molecule has 0 radical (unpaired) electrons. The van der Waals surface area contributed by atoms with Crippen molar-refractivity contribution >= 4 is 17.6 Å². The SMILES string of the molecule is CCOC(=O)C(Cc1cccc(Cl)c1OC)C(C[N+](=O)[O-])c1ccc(OC)c(OC)c1. The maximum atomic E-state index is 12.9. The van der Waals surface area contributed by atoms with Crippen LogP contribution in [-0.2, 0) is 16.0 Å². The van der Waals surface area contributed by atoms with Gasteiger partial charge in [0, 0.05) is 4.92 Å². The predicted molar refractivity (Wildman–Crippen MR) is 116 cm³/mol. The van der Waals surface area contributed by atoms with Crippen molar-refractivity contribution in [3.05, 3.63) is 62.7 Å². The average Bonchev–Trinajstić information content (AvgIpc) is 2.75. The van der Waals surface area contributed by atoms with Gasteiger partial charge in [-0.3, -0.25) is 14.9 Å². The number of nitro groups is 1. The smallest absolute Gasteiger partial charge is 0.310 e. The highest BCUT2D eigenvalue weighted by molar-refractivity contribution is 6.32. The molecule has 2 unspecified atom stereocenters. The van der Waals surface area contributed by atoms with Crippen LogP contribution in [0, 0.1) is 16.0 Å². The van der Waals surface area contributed by atoms with Gasteiger partial charge in [0.1, 0.15) is 5.75 Å². The Hall–Kier alpha value is -3.00. The van der Waals surface area contributed by atoms with Crippen molar-refractivity contribution in [1.82, 2.24) is 0 Å². The van der Waals surface area contributed by atoms with Crippen LogP contribution >= 0.6 is 11.6 Å². The zero-order valence-electron chi connectivity index (χ0n) is 17.9. The second-order valence-corrected chi connectivity index (χ2v) is 7.14. The van der Waals surface area contributed by atoms with E-state index in [-0.39, 0.29) is 13.0 Å². The molecule has 0 aliphatic rings. The van der Waals surface area contributed by atoms with Gasteiger partial charge in [-0.1, -0.05) is 29.8 Å². The van der Waals surface area contributed by atoms with Gasteiger partial charge in [-0.2, -0.15) is 0 Å².